The lowest BCUT2D eigenvalue weighted by Crippen LogP contribution is -2.02. The van der Waals surface area contributed by atoms with E-state index in [9.17, 15) is 0 Å². The lowest BCUT2D eigenvalue weighted by atomic mass is 10.1. The van der Waals surface area contributed by atoms with E-state index in [-0.39, 0.29) is 0 Å². The Labute approximate surface area is 102 Å². The van der Waals surface area contributed by atoms with Crippen LogP contribution in [0.1, 0.15) is 11.1 Å². The number of benzene rings is 1. The fourth-order valence-corrected chi connectivity index (χ4v) is 1.79. The fraction of sp³-hybridized carbons (Fsp3) is 0.214. The molecular formula is C14H17N3. The van der Waals surface area contributed by atoms with Gasteiger partial charge < -0.3 is 9.88 Å². The van der Waals surface area contributed by atoms with Crippen molar-refractivity contribution >= 4 is 11.6 Å². The second-order valence-corrected chi connectivity index (χ2v) is 4.14. The summed E-state index contributed by atoms with van der Waals surface area (Å²) < 4.78 is 2.02. The van der Waals surface area contributed by atoms with Gasteiger partial charge in [-0.3, -0.25) is 0 Å². The van der Waals surface area contributed by atoms with Crippen LogP contribution >= 0.6 is 0 Å². The molecule has 0 amide bonds. The molecule has 0 aliphatic rings. The Kier molecular flexibility index (Phi) is 3.28. The van der Waals surface area contributed by atoms with Gasteiger partial charge in [-0.05, 0) is 25.5 Å². The highest BCUT2D eigenvalue weighted by Crippen LogP contribution is 2.20. The predicted molar refractivity (Wildman–Crippen MR) is 71.6 cm³/mol. The molecule has 0 atom stereocenters. The molecule has 0 aliphatic carbocycles. The molecule has 0 aliphatic heterocycles. The van der Waals surface area contributed by atoms with Crippen molar-refractivity contribution in [1.82, 2.24) is 9.55 Å². The smallest absolute Gasteiger partial charge is 0.207 e. The van der Waals surface area contributed by atoms with E-state index in [1.54, 1.807) is 6.20 Å². The van der Waals surface area contributed by atoms with Gasteiger partial charge in [0.2, 0.25) is 5.95 Å². The SMILES string of the molecule is C=CCn1ccnc1Nc1ccc(C)cc1C. The van der Waals surface area contributed by atoms with Crippen molar-refractivity contribution in [1.29, 1.82) is 0 Å². The minimum absolute atomic E-state index is 0.757. The molecule has 0 bridgehead atoms. The third-order valence-electron chi connectivity index (χ3n) is 2.67. The molecule has 1 aromatic heterocycles. The van der Waals surface area contributed by atoms with Crippen LogP contribution in [0.15, 0.2) is 43.2 Å². The van der Waals surface area contributed by atoms with Gasteiger partial charge in [0.25, 0.3) is 0 Å². The molecule has 3 heteroatoms. The number of allylic oxidation sites excluding steroid dienone is 1. The Morgan fingerprint density at radius 3 is 2.94 bits per heavy atom. The quantitative estimate of drug-likeness (QED) is 0.811. The predicted octanol–water partition coefficient (Wildman–Crippen LogP) is 3.43. The minimum Gasteiger partial charge on any atom is -0.325 e. The Balaban J connectivity index is 2.25. The largest absolute Gasteiger partial charge is 0.325 e. The van der Waals surface area contributed by atoms with E-state index < -0.39 is 0 Å². The van der Waals surface area contributed by atoms with Crippen LogP contribution < -0.4 is 5.32 Å². The van der Waals surface area contributed by atoms with Gasteiger partial charge in [0.15, 0.2) is 0 Å². The van der Waals surface area contributed by atoms with Crippen LogP contribution in [0.2, 0.25) is 0 Å². The van der Waals surface area contributed by atoms with E-state index in [0.717, 1.165) is 18.2 Å². The van der Waals surface area contributed by atoms with Crippen molar-refractivity contribution in [3.8, 4) is 0 Å². The molecule has 1 N–H and O–H groups in total. The standard InChI is InChI=1S/C14H17N3/c1-4-8-17-9-7-15-14(17)16-13-6-5-11(2)10-12(13)3/h4-7,9-10H,1,8H2,2-3H3,(H,15,16). The van der Waals surface area contributed by atoms with Gasteiger partial charge in [-0.2, -0.15) is 0 Å². The van der Waals surface area contributed by atoms with Crippen LogP contribution in [0.25, 0.3) is 0 Å². The van der Waals surface area contributed by atoms with Crippen LogP contribution in [0.3, 0.4) is 0 Å². The summed E-state index contributed by atoms with van der Waals surface area (Å²) in [5.41, 5.74) is 3.58. The third-order valence-corrected chi connectivity index (χ3v) is 2.67. The van der Waals surface area contributed by atoms with Crippen molar-refractivity contribution in [2.24, 2.45) is 0 Å². The van der Waals surface area contributed by atoms with E-state index in [4.69, 9.17) is 0 Å². The second-order valence-electron chi connectivity index (χ2n) is 4.14. The zero-order chi connectivity index (χ0) is 12.3. The molecule has 1 aromatic carbocycles. The maximum atomic E-state index is 4.30. The highest BCUT2D eigenvalue weighted by atomic mass is 15.2. The molecule has 3 nitrogen and oxygen atoms in total. The molecule has 2 aromatic rings. The van der Waals surface area contributed by atoms with Gasteiger partial charge in [0.05, 0.1) is 0 Å². The number of aromatic nitrogens is 2. The number of hydrogen-bond donors (Lipinski definition) is 1. The topological polar surface area (TPSA) is 29.9 Å². The van der Waals surface area contributed by atoms with Gasteiger partial charge in [-0.15, -0.1) is 6.58 Å². The van der Waals surface area contributed by atoms with Crippen LogP contribution in [-0.4, -0.2) is 9.55 Å². The zero-order valence-electron chi connectivity index (χ0n) is 10.3. The molecular weight excluding hydrogens is 210 g/mol. The Hall–Kier alpha value is -2.03. The van der Waals surface area contributed by atoms with Crippen LogP contribution in [-0.2, 0) is 6.54 Å². The summed E-state index contributed by atoms with van der Waals surface area (Å²) >= 11 is 0. The summed E-state index contributed by atoms with van der Waals surface area (Å²) in [7, 11) is 0. The molecule has 0 spiro atoms. The van der Waals surface area contributed by atoms with Crippen molar-refractivity contribution in [3.63, 3.8) is 0 Å². The van der Waals surface area contributed by atoms with Crippen LogP contribution in [0, 0.1) is 13.8 Å². The first kappa shape index (κ1) is 11.5. The molecule has 0 fully saturated rings. The first-order valence-electron chi connectivity index (χ1n) is 5.67. The molecule has 17 heavy (non-hydrogen) atoms. The van der Waals surface area contributed by atoms with Crippen molar-refractivity contribution in [3.05, 3.63) is 54.4 Å². The monoisotopic (exact) mass is 227 g/mol. The van der Waals surface area contributed by atoms with Gasteiger partial charge >= 0.3 is 0 Å². The number of nitrogens with zero attached hydrogens (tertiary/aromatic N) is 2. The Morgan fingerprint density at radius 2 is 2.24 bits per heavy atom. The first-order chi connectivity index (χ1) is 8.20. The summed E-state index contributed by atoms with van der Waals surface area (Å²) in [6.07, 6.45) is 5.58. The average Bonchev–Trinajstić information content (AvgIpc) is 2.71. The van der Waals surface area contributed by atoms with Gasteiger partial charge in [0, 0.05) is 24.6 Å². The van der Waals surface area contributed by atoms with Gasteiger partial charge in [-0.1, -0.05) is 23.8 Å². The second kappa shape index (κ2) is 4.87. The minimum atomic E-state index is 0.757. The van der Waals surface area contributed by atoms with E-state index in [1.165, 1.54) is 11.1 Å². The normalized spacial score (nSPS) is 10.2. The van der Waals surface area contributed by atoms with E-state index in [2.05, 4.69) is 48.9 Å². The summed E-state index contributed by atoms with van der Waals surface area (Å²) in [6.45, 7) is 8.68. The number of rotatable bonds is 4. The molecule has 88 valence electrons. The lowest BCUT2D eigenvalue weighted by Gasteiger charge is -2.11. The van der Waals surface area contributed by atoms with Crippen LogP contribution in [0.4, 0.5) is 11.6 Å². The summed E-state index contributed by atoms with van der Waals surface area (Å²) in [5, 5.41) is 3.34. The summed E-state index contributed by atoms with van der Waals surface area (Å²) in [4.78, 5) is 4.30. The zero-order valence-corrected chi connectivity index (χ0v) is 10.3. The van der Waals surface area contributed by atoms with E-state index in [1.807, 2.05) is 16.8 Å². The number of hydrogen-bond acceptors (Lipinski definition) is 2. The van der Waals surface area contributed by atoms with Crippen molar-refractivity contribution in [2.45, 2.75) is 20.4 Å². The molecule has 0 unspecified atom stereocenters. The van der Waals surface area contributed by atoms with E-state index in [0.29, 0.717) is 0 Å². The lowest BCUT2D eigenvalue weighted by molar-refractivity contribution is 0.832. The number of imidazole rings is 1. The fourth-order valence-electron chi connectivity index (χ4n) is 1.79. The average molecular weight is 227 g/mol. The Morgan fingerprint density at radius 1 is 1.41 bits per heavy atom. The number of anilines is 2. The Bertz CT molecular complexity index is 526. The van der Waals surface area contributed by atoms with Crippen molar-refractivity contribution < 1.29 is 0 Å². The van der Waals surface area contributed by atoms with E-state index >= 15 is 0 Å². The highest BCUT2D eigenvalue weighted by molar-refractivity contribution is 5.59. The molecule has 0 saturated carbocycles. The summed E-state index contributed by atoms with van der Waals surface area (Å²) in [6, 6.07) is 6.33. The maximum Gasteiger partial charge on any atom is 0.207 e. The number of nitrogens with one attached hydrogen (secondary N) is 1. The molecule has 1 heterocycles. The highest BCUT2D eigenvalue weighted by Gasteiger charge is 2.03. The first-order valence-corrected chi connectivity index (χ1v) is 5.67. The van der Waals surface area contributed by atoms with Crippen LogP contribution in [0.5, 0.6) is 0 Å². The summed E-state index contributed by atoms with van der Waals surface area (Å²) in [5.74, 6) is 0.844. The van der Waals surface area contributed by atoms with Crippen molar-refractivity contribution in [2.75, 3.05) is 5.32 Å². The molecule has 0 radical (unpaired) electrons. The maximum absolute atomic E-state index is 4.30. The van der Waals surface area contributed by atoms with Gasteiger partial charge in [-0.25, -0.2) is 4.98 Å². The molecule has 0 saturated heterocycles. The third kappa shape index (κ3) is 2.56. The molecule has 2 rings (SSSR count). The number of aryl methyl sites for hydroxylation is 2. The van der Waals surface area contributed by atoms with Gasteiger partial charge in [0.1, 0.15) is 0 Å².